The third-order valence-electron chi connectivity index (χ3n) is 5.59. The molecule has 0 heterocycles. The minimum Gasteiger partial charge on any atom is -0.336 e. The Labute approximate surface area is 152 Å². The predicted molar refractivity (Wildman–Crippen MR) is 98.7 cm³/mol. The molecule has 2 bridgehead atoms. The molecule has 1 aromatic carbocycles. The standard InChI is InChI=1S/C19H25BrN2O2/c1-12-7-16(20)5-6-17(12)21-18(23)11-22(2)19(24)10-15-9-13-3-4-14(15)8-13/h5-7,13-15H,3-4,8-11H2,1-2H3,(H,21,23)/t13-,14+,15-/m0/s1. The molecule has 5 heteroatoms. The van der Waals surface area contributed by atoms with Gasteiger partial charge in [-0.2, -0.15) is 0 Å². The van der Waals surface area contributed by atoms with Gasteiger partial charge in [-0.05, 0) is 67.7 Å². The van der Waals surface area contributed by atoms with Crippen LogP contribution in [-0.4, -0.2) is 30.3 Å². The molecule has 1 aromatic rings. The number of likely N-dealkylation sites (N-methyl/N-ethyl adjacent to an activating group) is 1. The molecule has 2 aliphatic rings. The zero-order valence-corrected chi connectivity index (χ0v) is 15.9. The average molecular weight is 393 g/mol. The van der Waals surface area contributed by atoms with Gasteiger partial charge in [0, 0.05) is 23.6 Å². The van der Waals surface area contributed by atoms with Gasteiger partial charge in [-0.15, -0.1) is 0 Å². The van der Waals surface area contributed by atoms with Gasteiger partial charge in [0.05, 0.1) is 6.54 Å². The summed E-state index contributed by atoms with van der Waals surface area (Å²) in [5.74, 6) is 2.07. The molecule has 0 spiro atoms. The van der Waals surface area contributed by atoms with Crippen molar-refractivity contribution in [1.82, 2.24) is 4.90 Å². The van der Waals surface area contributed by atoms with Crippen LogP contribution in [0.25, 0.3) is 0 Å². The van der Waals surface area contributed by atoms with E-state index in [9.17, 15) is 9.59 Å². The minimum atomic E-state index is -0.149. The fourth-order valence-electron chi connectivity index (χ4n) is 4.27. The van der Waals surface area contributed by atoms with Crippen LogP contribution in [0.5, 0.6) is 0 Å². The summed E-state index contributed by atoms with van der Waals surface area (Å²) in [7, 11) is 1.73. The van der Waals surface area contributed by atoms with Crippen LogP contribution in [0.1, 0.15) is 37.7 Å². The molecule has 0 aliphatic heterocycles. The molecule has 2 saturated carbocycles. The van der Waals surface area contributed by atoms with E-state index >= 15 is 0 Å². The van der Waals surface area contributed by atoms with Crippen LogP contribution in [0.4, 0.5) is 5.69 Å². The van der Waals surface area contributed by atoms with Gasteiger partial charge in [0.15, 0.2) is 0 Å². The highest BCUT2D eigenvalue weighted by Crippen LogP contribution is 2.49. The summed E-state index contributed by atoms with van der Waals surface area (Å²) in [6.45, 7) is 2.06. The molecule has 2 fully saturated rings. The number of fused-ring (bicyclic) bond motifs is 2. The molecular formula is C19H25BrN2O2. The van der Waals surface area contributed by atoms with Gasteiger partial charge < -0.3 is 10.2 Å². The second-order valence-corrected chi connectivity index (χ2v) is 8.31. The van der Waals surface area contributed by atoms with Crippen molar-refractivity contribution in [2.24, 2.45) is 17.8 Å². The topological polar surface area (TPSA) is 49.4 Å². The van der Waals surface area contributed by atoms with Gasteiger partial charge in [0.25, 0.3) is 0 Å². The van der Waals surface area contributed by atoms with E-state index in [1.807, 2.05) is 25.1 Å². The van der Waals surface area contributed by atoms with Crippen molar-refractivity contribution in [2.75, 3.05) is 18.9 Å². The first-order valence-corrected chi connectivity index (χ1v) is 9.51. The molecule has 3 atom stereocenters. The molecular weight excluding hydrogens is 368 g/mol. The van der Waals surface area contributed by atoms with Crippen LogP contribution >= 0.6 is 15.9 Å². The number of carbonyl (C=O) groups excluding carboxylic acids is 2. The number of carbonyl (C=O) groups is 2. The molecule has 0 aromatic heterocycles. The lowest BCUT2D eigenvalue weighted by molar-refractivity contribution is -0.134. The maximum Gasteiger partial charge on any atom is 0.243 e. The Balaban J connectivity index is 1.49. The van der Waals surface area contributed by atoms with E-state index in [-0.39, 0.29) is 18.4 Å². The second kappa shape index (κ2) is 7.26. The van der Waals surface area contributed by atoms with E-state index in [1.54, 1.807) is 11.9 Å². The number of amides is 2. The zero-order chi connectivity index (χ0) is 17.3. The molecule has 1 N–H and O–H groups in total. The molecule has 24 heavy (non-hydrogen) atoms. The van der Waals surface area contributed by atoms with Crippen LogP contribution < -0.4 is 5.32 Å². The van der Waals surface area contributed by atoms with E-state index in [4.69, 9.17) is 0 Å². The maximum atomic E-state index is 12.4. The third kappa shape index (κ3) is 4.00. The second-order valence-electron chi connectivity index (χ2n) is 7.40. The maximum absolute atomic E-state index is 12.4. The molecule has 2 amide bonds. The molecule has 0 saturated heterocycles. The van der Waals surface area contributed by atoms with Crippen LogP contribution in [-0.2, 0) is 9.59 Å². The lowest BCUT2D eigenvalue weighted by atomic mass is 9.86. The summed E-state index contributed by atoms with van der Waals surface area (Å²) >= 11 is 3.41. The lowest BCUT2D eigenvalue weighted by Crippen LogP contribution is -2.36. The molecule has 4 nitrogen and oxygen atoms in total. The summed E-state index contributed by atoms with van der Waals surface area (Å²) in [6.07, 6.45) is 5.75. The van der Waals surface area contributed by atoms with E-state index < -0.39 is 0 Å². The van der Waals surface area contributed by atoms with Gasteiger partial charge in [-0.3, -0.25) is 9.59 Å². The average Bonchev–Trinajstić information content (AvgIpc) is 3.12. The number of anilines is 1. The van der Waals surface area contributed by atoms with Crippen LogP contribution in [0.2, 0.25) is 0 Å². The predicted octanol–water partition coefficient (Wildman–Crippen LogP) is 3.98. The van der Waals surface area contributed by atoms with Crippen LogP contribution in [0.3, 0.4) is 0 Å². The van der Waals surface area contributed by atoms with Gasteiger partial charge in [0.2, 0.25) is 11.8 Å². The summed E-state index contributed by atoms with van der Waals surface area (Å²) < 4.78 is 0.983. The number of rotatable bonds is 5. The third-order valence-corrected chi connectivity index (χ3v) is 6.08. The van der Waals surface area contributed by atoms with Crippen molar-refractivity contribution < 1.29 is 9.59 Å². The Kier molecular flexibility index (Phi) is 5.28. The van der Waals surface area contributed by atoms with Crippen molar-refractivity contribution >= 4 is 33.4 Å². The Morgan fingerprint density at radius 3 is 2.71 bits per heavy atom. The van der Waals surface area contributed by atoms with E-state index in [0.717, 1.165) is 27.6 Å². The SMILES string of the molecule is Cc1cc(Br)ccc1NC(=O)CN(C)C(=O)C[C@@H]1C[C@H]2CC[C@@H]1C2. The van der Waals surface area contributed by atoms with Gasteiger partial charge in [-0.25, -0.2) is 0 Å². The Bertz CT molecular complexity index is 646. The monoisotopic (exact) mass is 392 g/mol. The van der Waals surface area contributed by atoms with Gasteiger partial charge in [-0.1, -0.05) is 22.4 Å². The number of hydrogen-bond donors (Lipinski definition) is 1. The molecule has 3 rings (SSSR count). The normalized spacial score (nSPS) is 24.9. The highest BCUT2D eigenvalue weighted by atomic mass is 79.9. The smallest absolute Gasteiger partial charge is 0.243 e. The lowest BCUT2D eigenvalue weighted by Gasteiger charge is -2.24. The highest BCUT2D eigenvalue weighted by molar-refractivity contribution is 9.10. The largest absolute Gasteiger partial charge is 0.336 e. The van der Waals surface area contributed by atoms with Crippen LogP contribution in [0.15, 0.2) is 22.7 Å². The summed E-state index contributed by atoms with van der Waals surface area (Å²) in [4.78, 5) is 26.2. The summed E-state index contributed by atoms with van der Waals surface area (Å²) in [5, 5.41) is 2.89. The summed E-state index contributed by atoms with van der Waals surface area (Å²) in [6, 6.07) is 5.72. The fourth-order valence-corrected chi connectivity index (χ4v) is 4.74. The Hall–Kier alpha value is -1.36. The Morgan fingerprint density at radius 1 is 1.29 bits per heavy atom. The first kappa shape index (κ1) is 17.5. The first-order valence-electron chi connectivity index (χ1n) is 8.72. The number of aryl methyl sites for hydroxylation is 1. The molecule has 130 valence electrons. The fraction of sp³-hybridized carbons (Fsp3) is 0.579. The van der Waals surface area contributed by atoms with Crippen molar-refractivity contribution in [3.05, 3.63) is 28.2 Å². The molecule has 0 radical (unpaired) electrons. The Morgan fingerprint density at radius 2 is 2.08 bits per heavy atom. The highest BCUT2D eigenvalue weighted by Gasteiger charge is 2.40. The number of benzene rings is 1. The molecule has 0 unspecified atom stereocenters. The quantitative estimate of drug-likeness (QED) is 0.823. The van der Waals surface area contributed by atoms with Gasteiger partial charge in [0.1, 0.15) is 0 Å². The number of hydrogen-bond acceptors (Lipinski definition) is 2. The number of halogens is 1. The van der Waals surface area contributed by atoms with E-state index in [1.165, 1.54) is 25.7 Å². The van der Waals surface area contributed by atoms with Crippen molar-refractivity contribution in [3.8, 4) is 0 Å². The van der Waals surface area contributed by atoms with E-state index in [2.05, 4.69) is 21.2 Å². The van der Waals surface area contributed by atoms with E-state index in [0.29, 0.717) is 12.3 Å². The van der Waals surface area contributed by atoms with Crippen molar-refractivity contribution in [3.63, 3.8) is 0 Å². The zero-order valence-electron chi connectivity index (χ0n) is 14.3. The summed E-state index contributed by atoms with van der Waals surface area (Å²) in [5.41, 5.74) is 1.78. The van der Waals surface area contributed by atoms with Crippen molar-refractivity contribution in [1.29, 1.82) is 0 Å². The van der Waals surface area contributed by atoms with Crippen molar-refractivity contribution in [2.45, 2.75) is 39.0 Å². The van der Waals surface area contributed by atoms with Gasteiger partial charge >= 0.3 is 0 Å². The van der Waals surface area contributed by atoms with Crippen LogP contribution in [0, 0.1) is 24.7 Å². The first-order chi connectivity index (χ1) is 11.4. The number of nitrogens with one attached hydrogen (secondary N) is 1. The minimum absolute atomic E-state index is 0.0928. The molecule has 2 aliphatic carbocycles. The number of nitrogens with zero attached hydrogens (tertiary/aromatic N) is 1.